The Balaban J connectivity index is 1.63. The van der Waals surface area contributed by atoms with Gasteiger partial charge in [0.1, 0.15) is 0 Å². The SMILES string of the molecule is Cc1cccc(CCC(=O)Nc2c(C)nc(N3CCN(C)CC3)nc2C)c1. The van der Waals surface area contributed by atoms with Gasteiger partial charge in [0.25, 0.3) is 0 Å². The second kappa shape index (κ2) is 8.48. The van der Waals surface area contributed by atoms with Crippen LogP contribution in [0.3, 0.4) is 0 Å². The molecular weight excluding hydrogens is 338 g/mol. The van der Waals surface area contributed by atoms with Crippen LogP contribution in [0.1, 0.15) is 28.9 Å². The van der Waals surface area contributed by atoms with E-state index in [1.54, 1.807) is 0 Å². The highest BCUT2D eigenvalue weighted by atomic mass is 16.1. The normalized spacial score (nSPS) is 15.0. The predicted molar refractivity (Wildman–Crippen MR) is 109 cm³/mol. The summed E-state index contributed by atoms with van der Waals surface area (Å²) < 4.78 is 0. The van der Waals surface area contributed by atoms with Crippen LogP contribution < -0.4 is 10.2 Å². The van der Waals surface area contributed by atoms with Crippen LogP contribution in [0.5, 0.6) is 0 Å². The lowest BCUT2D eigenvalue weighted by molar-refractivity contribution is -0.116. The van der Waals surface area contributed by atoms with E-state index >= 15 is 0 Å². The summed E-state index contributed by atoms with van der Waals surface area (Å²) in [7, 11) is 2.13. The van der Waals surface area contributed by atoms with Gasteiger partial charge in [-0.05, 0) is 39.8 Å². The van der Waals surface area contributed by atoms with Crippen LogP contribution in [0.4, 0.5) is 11.6 Å². The number of anilines is 2. The van der Waals surface area contributed by atoms with E-state index < -0.39 is 0 Å². The van der Waals surface area contributed by atoms with Gasteiger partial charge in [-0.25, -0.2) is 9.97 Å². The van der Waals surface area contributed by atoms with Gasteiger partial charge in [-0.3, -0.25) is 4.79 Å². The van der Waals surface area contributed by atoms with Crippen LogP contribution in [0.15, 0.2) is 24.3 Å². The summed E-state index contributed by atoms with van der Waals surface area (Å²) in [5.74, 6) is 0.759. The summed E-state index contributed by atoms with van der Waals surface area (Å²) in [5, 5.41) is 3.01. The number of amides is 1. The van der Waals surface area contributed by atoms with Crippen molar-refractivity contribution in [2.24, 2.45) is 0 Å². The molecule has 2 heterocycles. The molecule has 1 aromatic heterocycles. The van der Waals surface area contributed by atoms with E-state index in [2.05, 4.69) is 57.3 Å². The molecule has 27 heavy (non-hydrogen) atoms. The van der Waals surface area contributed by atoms with Crippen LogP contribution in [-0.4, -0.2) is 54.0 Å². The monoisotopic (exact) mass is 367 g/mol. The fourth-order valence-electron chi connectivity index (χ4n) is 3.35. The zero-order valence-corrected chi connectivity index (χ0v) is 16.7. The molecule has 3 rings (SSSR count). The van der Waals surface area contributed by atoms with Gasteiger partial charge in [-0.15, -0.1) is 0 Å². The summed E-state index contributed by atoms with van der Waals surface area (Å²) in [4.78, 5) is 26.2. The number of benzene rings is 1. The highest BCUT2D eigenvalue weighted by Crippen LogP contribution is 2.21. The quantitative estimate of drug-likeness (QED) is 0.880. The zero-order chi connectivity index (χ0) is 19.4. The number of aryl methyl sites for hydroxylation is 4. The van der Waals surface area contributed by atoms with Gasteiger partial charge in [0.05, 0.1) is 17.1 Å². The second-order valence-electron chi connectivity index (χ2n) is 7.40. The molecule has 0 bridgehead atoms. The van der Waals surface area contributed by atoms with Crippen LogP contribution in [0, 0.1) is 20.8 Å². The minimum Gasteiger partial charge on any atom is -0.338 e. The van der Waals surface area contributed by atoms with E-state index in [1.165, 1.54) is 11.1 Å². The summed E-state index contributed by atoms with van der Waals surface area (Å²) in [5.41, 5.74) is 4.77. The molecule has 2 aromatic rings. The molecule has 1 fully saturated rings. The van der Waals surface area contributed by atoms with Crippen molar-refractivity contribution in [2.75, 3.05) is 43.4 Å². The Bertz CT molecular complexity index is 789. The summed E-state index contributed by atoms with van der Waals surface area (Å²) in [6, 6.07) is 8.28. The van der Waals surface area contributed by atoms with Gasteiger partial charge < -0.3 is 15.1 Å². The molecule has 1 saturated heterocycles. The average molecular weight is 367 g/mol. The molecule has 1 aliphatic rings. The second-order valence-corrected chi connectivity index (χ2v) is 7.40. The number of rotatable bonds is 5. The van der Waals surface area contributed by atoms with Crippen LogP contribution in [0.25, 0.3) is 0 Å². The first-order chi connectivity index (χ1) is 12.9. The lowest BCUT2D eigenvalue weighted by Crippen LogP contribution is -2.45. The fraction of sp³-hybridized carbons (Fsp3) is 0.476. The first-order valence-corrected chi connectivity index (χ1v) is 9.56. The smallest absolute Gasteiger partial charge is 0.225 e. The third-order valence-electron chi connectivity index (χ3n) is 5.03. The molecule has 0 atom stereocenters. The Hall–Kier alpha value is -2.47. The van der Waals surface area contributed by atoms with Crippen LogP contribution in [-0.2, 0) is 11.2 Å². The molecule has 6 nitrogen and oxygen atoms in total. The standard InChI is InChI=1S/C21H29N5O/c1-15-6-5-7-18(14-15)8-9-19(27)24-20-16(2)22-21(23-17(20)3)26-12-10-25(4)11-13-26/h5-7,14H,8-13H2,1-4H3,(H,24,27). The van der Waals surface area contributed by atoms with E-state index in [0.717, 1.165) is 55.6 Å². The molecule has 0 radical (unpaired) electrons. The number of carbonyl (C=O) groups is 1. The number of hydrogen-bond acceptors (Lipinski definition) is 5. The van der Waals surface area contributed by atoms with Gasteiger partial charge in [-0.1, -0.05) is 29.8 Å². The summed E-state index contributed by atoms with van der Waals surface area (Å²) >= 11 is 0. The topological polar surface area (TPSA) is 61.4 Å². The molecule has 0 aliphatic carbocycles. The predicted octanol–water partition coefficient (Wildman–Crippen LogP) is 2.72. The number of aromatic nitrogens is 2. The van der Waals surface area contributed by atoms with E-state index in [9.17, 15) is 4.79 Å². The van der Waals surface area contributed by atoms with Crippen molar-refractivity contribution in [3.05, 3.63) is 46.8 Å². The van der Waals surface area contributed by atoms with Gasteiger partial charge in [0, 0.05) is 32.6 Å². The van der Waals surface area contributed by atoms with Crippen molar-refractivity contribution in [2.45, 2.75) is 33.6 Å². The average Bonchev–Trinajstić information content (AvgIpc) is 2.63. The highest BCUT2D eigenvalue weighted by Gasteiger charge is 2.19. The number of nitrogens with zero attached hydrogens (tertiary/aromatic N) is 4. The molecule has 0 spiro atoms. The van der Waals surface area contributed by atoms with Crippen LogP contribution in [0.2, 0.25) is 0 Å². The first-order valence-electron chi connectivity index (χ1n) is 9.56. The molecule has 1 aliphatic heterocycles. The Labute approximate surface area is 161 Å². The molecule has 144 valence electrons. The number of likely N-dealkylation sites (N-methyl/N-ethyl adjacent to an activating group) is 1. The van der Waals surface area contributed by atoms with Gasteiger partial charge in [0.15, 0.2) is 0 Å². The third kappa shape index (κ3) is 5.04. The molecule has 1 N–H and O–H groups in total. The maximum atomic E-state index is 12.4. The number of nitrogens with one attached hydrogen (secondary N) is 1. The van der Waals surface area contributed by atoms with Crippen molar-refractivity contribution < 1.29 is 4.79 Å². The maximum absolute atomic E-state index is 12.4. The molecule has 0 unspecified atom stereocenters. The summed E-state index contributed by atoms with van der Waals surface area (Å²) in [6.07, 6.45) is 1.17. The van der Waals surface area contributed by atoms with E-state index in [-0.39, 0.29) is 5.91 Å². The fourth-order valence-corrected chi connectivity index (χ4v) is 3.35. The molecular formula is C21H29N5O. The summed E-state index contributed by atoms with van der Waals surface area (Å²) in [6.45, 7) is 9.82. The van der Waals surface area contributed by atoms with Gasteiger partial charge in [0.2, 0.25) is 11.9 Å². The van der Waals surface area contributed by atoms with Crippen molar-refractivity contribution >= 4 is 17.5 Å². The lowest BCUT2D eigenvalue weighted by Gasteiger charge is -2.32. The minimum atomic E-state index is -0.00125. The largest absolute Gasteiger partial charge is 0.338 e. The van der Waals surface area contributed by atoms with Crippen molar-refractivity contribution in [3.63, 3.8) is 0 Å². The number of hydrogen-bond donors (Lipinski definition) is 1. The molecule has 6 heteroatoms. The van der Waals surface area contributed by atoms with Gasteiger partial charge >= 0.3 is 0 Å². The number of carbonyl (C=O) groups excluding carboxylic acids is 1. The maximum Gasteiger partial charge on any atom is 0.225 e. The Kier molecular flexibility index (Phi) is 6.06. The third-order valence-corrected chi connectivity index (χ3v) is 5.03. The molecule has 1 aromatic carbocycles. The Morgan fingerprint density at radius 1 is 1.07 bits per heavy atom. The van der Waals surface area contributed by atoms with E-state index in [1.807, 2.05) is 19.9 Å². The Morgan fingerprint density at radius 2 is 1.74 bits per heavy atom. The van der Waals surface area contributed by atoms with Crippen molar-refractivity contribution in [3.8, 4) is 0 Å². The molecule has 1 amide bonds. The van der Waals surface area contributed by atoms with Gasteiger partial charge in [-0.2, -0.15) is 0 Å². The van der Waals surface area contributed by atoms with E-state index in [0.29, 0.717) is 6.42 Å². The first kappa shape index (κ1) is 19.3. The van der Waals surface area contributed by atoms with Crippen molar-refractivity contribution in [1.82, 2.24) is 14.9 Å². The Morgan fingerprint density at radius 3 is 2.37 bits per heavy atom. The van der Waals surface area contributed by atoms with Crippen LogP contribution >= 0.6 is 0 Å². The number of piperazine rings is 1. The van der Waals surface area contributed by atoms with E-state index in [4.69, 9.17) is 0 Å². The zero-order valence-electron chi connectivity index (χ0n) is 16.7. The lowest BCUT2D eigenvalue weighted by atomic mass is 10.1. The van der Waals surface area contributed by atoms with Crippen molar-refractivity contribution in [1.29, 1.82) is 0 Å². The highest BCUT2D eigenvalue weighted by molar-refractivity contribution is 5.92. The molecule has 0 saturated carbocycles. The minimum absolute atomic E-state index is 0.00125.